The lowest BCUT2D eigenvalue weighted by Crippen LogP contribution is -2.57. The maximum Gasteiger partial charge on any atom is 0.351 e. The normalized spacial score (nSPS) is 43.0. The molecule has 20 heavy (non-hydrogen) atoms. The lowest BCUT2D eigenvalue weighted by Gasteiger charge is -2.52. The zero-order valence-electron chi connectivity index (χ0n) is 12.5. The average molecular weight is 366 g/mol. The third kappa shape index (κ3) is 1.73. The second kappa shape index (κ2) is 5.34. The summed E-state index contributed by atoms with van der Waals surface area (Å²) in [6, 6.07) is 0.522. The SMILES string of the molecule is CCCN1C2C3CC1(P(=O)(OCC)OCC)C3C[C@H]2Br. The van der Waals surface area contributed by atoms with E-state index in [-0.39, 0.29) is 5.28 Å². The van der Waals surface area contributed by atoms with Crippen LogP contribution in [0, 0.1) is 11.8 Å². The fourth-order valence-corrected chi connectivity index (χ4v) is 8.83. The van der Waals surface area contributed by atoms with Gasteiger partial charge in [0.15, 0.2) is 0 Å². The largest absolute Gasteiger partial charge is 0.351 e. The Bertz CT molecular complexity index is 425. The molecular weight excluding hydrogens is 341 g/mol. The number of hydrogen-bond acceptors (Lipinski definition) is 4. The van der Waals surface area contributed by atoms with Gasteiger partial charge in [-0.1, -0.05) is 22.9 Å². The summed E-state index contributed by atoms with van der Waals surface area (Å²) in [5.41, 5.74) is 0. The zero-order chi connectivity index (χ0) is 14.5. The number of rotatable bonds is 7. The molecule has 0 radical (unpaired) electrons. The van der Waals surface area contributed by atoms with Gasteiger partial charge in [-0.15, -0.1) is 0 Å². The maximum atomic E-state index is 13.5. The van der Waals surface area contributed by atoms with Gasteiger partial charge in [-0.2, -0.15) is 0 Å². The van der Waals surface area contributed by atoms with Crippen molar-refractivity contribution in [1.29, 1.82) is 0 Å². The van der Waals surface area contributed by atoms with Crippen LogP contribution < -0.4 is 0 Å². The van der Waals surface area contributed by atoms with E-state index in [9.17, 15) is 4.57 Å². The Morgan fingerprint density at radius 2 is 1.95 bits per heavy atom. The number of alkyl halides is 1. The van der Waals surface area contributed by atoms with E-state index in [0.29, 0.717) is 35.9 Å². The molecule has 4 fully saturated rings. The first kappa shape index (κ1) is 15.5. The summed E-state index contributed by atoms with van der Waals surface area (Å²) in [6.45, 7) is 7.90. The van der Waals surface area contributed by atoms with Crippen LogP contribution in [-0.4, -0.2) is 40.8 Å². The summed E-state index contributed by atoms with van der Waals surface area (Å²) < 4.78 is 24.9. The van der Waals surface area contributed by atoms with Gasteiger partial charge in [-0.3, -0.25) is 9.46 Å². The fourth-order valence-electron chi connectivity index (χ4n) is 4.87. The average Bonchev–Trinajstić information content (AvgIpc) is 2.93. The van der Waals surface area contributed by atoms with Crippen molar-refractivity contribution in [3.05, 3.63) is 0 Å². The van der Waals surface area contributed by atoms with Crippen molar-refractivity contribution in [2.45, 2.75) is 56.2 Å². The standard InChI is InChI=1S/C14H25BrNO3P/c1-4-7-16-13-10-9-14(16,11(10)8-12(13)15)20(17,18-5-2)19-6-3/h10-13H,4-9H2,1-3H3/t10?,11?,12-,13?,14?/m1/s1. The van der Waals surface area contributed by atoms with E-state index in [1.165, 1.54) is 0 Å². The predicted octanol–water partition coefficient (Wildman–Crippen LogP) is 3.85. The van der Waals surface area contributed by atoms with Gasteiger partial charge in [0.05, 0.1) is 13.2 Å². The minimum Gasteiger partial charge on any atom is -0.308 e. The van der Waals surface area contributed by atoms with Crippen molar-refractivity contribution >= 4 is 23.5 Å². The van der Waals surface area contributed by atoms with Gasteiger partial charge in [0, 0.05) is 10.9 Å². The highest BCUT2D eigenvalue weighted by Gasteiger charge is 2.80. The molecule has 4 aliphatic rings. The van der Waals surface area contributed by atoms with Crippen LogP contribution >= 0.6 is 23.5 Å². The molecule has 0 aromatic carbocycles. The predicted molar refractivity (Wildman–Crippen MR) is 83.3 cm³/mol. The van der Waals surface area contributed by atoms with E-state index in [1.807, 2.05) is 13.8 Å². The van der Waals surface area contributed by atoms with E-state index in [1.54, 1.807) is 0 Å². The van der Waals surface area contributed by atoms with Gasteiger partial charge in [-0.05, 0) is 51.5 Å². The Morgan fingerprint density at radius 1 is 1.30 bits per heavy atom. The molecular formula is C14H25BrNO3P. The van der Waals surface area contributed by atoms with Crippen LogP contribution in [0.5, 0.6) is 0 Å². The fraction of sp³-hybridized carbons (Fsp3) is 1.00. The third-order valence-corrected chi connectivity index (χ3v) is 9.16. The quantitative estimate of drug-likeness (QED) is 0.507. The maximum absolute atomic E-state index is 13.5. The second-order valence-electron chi connectivity index (χ2n) is 6.12. The van der Waals surface area contributed by atoms with Crippen LogP contribution in [-0.2, 0) is 13.6 Å². The number of nitrogens with zero attached hydrogens (tertiary/aromatic N) is 1. The number of hydrogen-bond donors (Lipinski definition) is 0. The molecule has 2 saturated heterocycles. The lowest BCUT2D eigenvalue weighted by atomic mass is 9.74. The van der Waals surface area contributed by atoms with Crippen molar-refractivity contribution < 1.29 is 13.6 Å². The smallest absolute Gasteiger partial charge is 0.308 e. The van der Waals surface area contributed by atoms with Gasteiger partial charge < -0.3 is 9.05 Å². The molecule has 4 nitrogen and oxygen atoms in total. The highest BCUT2D eigenvalue weighted by Crippen LogP contribution is 2.81. The van der Waals surface area contributed by atoms with E-state index < -0.39 is 7.60 Å². The molecule has 0 N–H and O–H groups in total. The van der Waals surface area contributed by atoms with Crippen molar-refractivity contribution in [3.63, 3.8) is 0 Å². The first-order valence-electron chi connectivity index (χ1n) is 7.85. The summed E-state index contributed by atoms with van der Waals surface area (Å²) >= 11 is 3.83. The molecule has 2 aliphatic carbocycles. The van der Waals surface area contributed by atoms with Crippen LogP contribution in [0.25, 0.3) is 0 Å². The molecule has 2 aliphatic heterocycles. The van der Waals surface area contributed by atoms with Crippen molar-refractivity contribution in [2.24, 2.45) is 11.8 Å². The number of piperidine rings is 1. The molecule has 0 aromatic heterocycles. The lowest BCUT2D eigenvalue weighted by molar-refractivity contribution is 0.0417. The first-order chi connectivity index (χ1) is 9.55. The Labute approximate surface area is 130 Å². The van der Waals surface area contributed by atoms with Crippen molar-refractivity contribution in [3.8, 4) is 0 Å². The van der Waals surface area contributed by atoms with Gasteiger partial charge in [0.2, 0.25) is 0 Å². The Kier molecular flexibility index (Phi) is 4.14. The minimum atomic E-state index is -3.06. The van der Waals surface area contributed by atoms with Crippen LogP contribution in [0.3, 0.4) is 0 Å². The Balaban J connectivity index is 1.96. The first-order valence-corrected chi connectivity index (χ1v) is 10.3. The molecule has 4 bridgehead atoms. The van der Waals surface area contributed by atoms with E-state index in [0.717, 1.165) is 25.8 Å². The molecule has 2 saturated carbocycles. The zero-order valence-corrected chi connectivity index (χ0v) is 15.0. The topological polar surface area (TPSA) is 38.8 Å². The second-order valence-corrected chi connectivity index (χ2v) is 9.58. The van der Waals surface area contributed by atoms with Crippen molar-refractivity contribution in [1.82, 2.24) is 4.90 Å². The molecule has 4 rings (SSSR count). The van der Waals surface area contributed by atoms with E-state index >= 15 is 0 Å². The van der Waals surface area contributed by atoms with Crippen LogP contribution in [0.4, 0.5) is 0 Å². The van der Waals surface area contributed by atoms with Crippen molar-refractivity contribution in [2.75, 3.05) is 19.8 Å². The molecule has 2 heterocycles. The number of halogens is 1. The van der Waals surface area contributed by atoms with Crippen LogP contribution in [0.15, 0.2) is 0 Å². The van der Waals surface area contributed by atoms with Gasteiger partial charge in [-0.25, -0.2) is 0 Å². The summed E-state index contributed by atoms with van der Waals surface area (Å²) in [4.78, 5) is 3.01. The van der Waals surface area contributed by atoms with Crippen LogP contribution in [0.1, 0.15) is 40.0 Å². The molecule has 5 atom stereocenters. The molecule has 6 heteroatoms. The minimum absolute atomic E-state index is 0.325. The summed E-state index contributed by atoms with van der Waals surface area (Å²) in [5, 5.41) is -0.325. The molecule has 0 aromatic rings. The van der Waals surface area contributed by atoms with Gasteiger partial charge >= 0.3 is 7.60 Å². The molecule has 0 spiro atoms. The van der Waals surface area contributed by atoms with Gasteiger partial charge in [0.1, 0.15) is 5.28 Å². The van der Waals surface area contributed by atoms with Gasteiger partial charge in [0.25, 0.3) is 0 Å². The molecule has 4 unspecified atom stereocenters. The highest BCUT2D eigenvalue weighted by molar-refractivity contribution is 9.09. The van der Waals surface area contributed by atoms with E-state index in [2.05, 4.69) is 27.8 Å². The highest BCUT2D eigenvalue weighted by atomic mass is 79.9. The third-order valence-electron chi connectivity index (χ3n) is 5.33. The monoisotopic (exact) mass is 365 g/mol. The molecule has 0 amide bonds. The summed E-state index contributed by atoms with van der Waals surface area (Å²) in [7, 11) is -3.06. The van der Waals surface area contributed by atoms with Crippen LogP contribution in [0.2, 0.25) is 0 Å². The molecule has 116 valence electrons. The van der Waals surface area contributed by atoms with E-state index in [4.69, 9.17) is 9.05 Å². The summed E-state index contributed by atoms with van der Waals surface area (Å²) in [5.74, 6) is 1.16. The summed E-state index contributed by atoms with van der Waals surface area (Å²) in [6.07, 6.45) is 3.18. The Morgan fingerprint density at radius 3 is 2.50 bits per heavy atom. The Hall–Kier alpha value is 0.590.